The van der Waals surface area contributed by atoms with Crippen LogP contribution in [0.5, 0.6) is 0 Å². The normalized spacial score (nSPS) is 14.2. The van der Waals surface area contributed by atoms with E-state index in [2.05, 4.69) is 0 Å². The second-order valence-electron chi connectivity index (χ2n) is 7.70. The van der Waals surface area contributed by atoms with E-state index < -0.39 is 12.0 Å². The fraction of sp³-hybridized carbons (Fsp3) is 0.292. The molecule has 0 heterocycles. The van der Waals surface area contributed by atoms with Gasteiger partial charge in [0.2, 0.25) is 0 Å². The highest BCUT2D eigenvalue weighted by atomic mass is 16.4. The molecule has 1 atom stereocenters. The smallest absolute Gasteiger partial charge is 0.326 e. The molecule has 1 aliphatic rings. The molecule has 5 heteroatoms. The van der Waals surface area contributed by atoms with Crippen molar-refractivity contribution in [1.82, 2.24) is 4.90 Å². The Morgan fingerprint density at radius 1 is 1.07 bits per heavy atom. The monoisotopic (exact) mass is 391 g/mol. The van der Waals surface area contributed by atoms with E-state index >= 15 is 0 Å². The Kier molecular flexibility index (Phi) is 5.97. The van der Waals surface area contributed by atoms with Gasteiger partial charge in [-0.15, -0.1) is 0 Å². The van der Waals surface area contributed by atoms with Crippen molar-refractivity contribution in [3.8, 4) is 0 Å². The average Bonchev–Trinajstić information content (AvgIpc) is 2.67. The van der Waals surface area contributed by atoms with E-state index in [1.54, 1.807) is 26.0 Å². The molecule has 1 aliphatic carbocycles. The van der Waals surface area contributed by atoms with Gasteiger partial charge >= 0.3 is 5.97 Å². The van der Waals surface area contributed by atoms with E-state index in [1.165, 1.54) is 11.0 Å². The van der Waals surface area contributed by atoms with Crippen molar-refractivity contribution in [2.45, 2.75) is 45.7 Å². The first-order valence-electron chi connectivity index (χ1n) is 9.71. The van der Waals surface area contributed by atoms with Crippen molar-refractivity contribution < 1.29 is 19.5 Å². The molecule has 2 aromatic carbocycles. The lowest BCUT2D eigenvalue weighted by atomic mass is 9.86. The van der Waals surface area contributed by atoms with E-state index in [0.29, 0.717) is 17.6 Å². The minimum atomic E-state index is -1.09. The molecular formula is C24H25NO4. The van der Waals surface area contributed by atoms with Gasteiger partial charge in [0, 0.05) is 24.4 Å². The molecule has 0 saturated heterocycles. The van der Waals surface area contributed by atoms with Gasteiger partial charge in [-0.3, -0.25) is 9.59 Å². The number of rotatable bonds is 6. The summed E-state index contributed by atoms with van der Waals surface area (Å²) >= 11 is 0. The summed E-state index contributed by atoms with van der Waals surface area (Å²) in [6.07, 6.45) is 1.91. The molecule has 5 nitrogen and oxygen atoms in total. The van der Waals surface area contributed by atoms with Crippen molar-refractivity contribution >= 4 is 23.2 Å². The predicted octanol–water partition coefficient (Wildman–Crippen LogP) is 3.90. The van der Waals surface area contributed by atoms with Gasteiger partial charge < -0.3 is 10.0 Å². The summed E-state index contributed by atoms with van der Waals surface area (Å²) in [5, 5.41) is 9.97. The molecule has 0 aromatic heterocycles. The summed E-state index contributed by atoms with van der Waals surface area (Å²) in [6, 6.07) is 13.2. The second kappa shape index (κ2) is 8.43. The highest BCUT2D eigenvalue weighted by Crippen LogP contribution is 2.30. The Labute approximate surface area is 170 Å². The zero-order chi connectivity index (χ0) is 21.1. The summed E-state index contributed by atoms with van der Waals surface area (Å²) in [5.74, 6) is -1.47. The quantitative estimate of drug-likeness (QED) is 0.810. The van der Waals surface area contributed by atoms with Crippen LogP contribution in [0.3, 0.4) is 0 Å². The zero-order valence-electron chi connectivity index (χ0n) is 16.9. The summed E-state index contributed by atoms with van der Waals surface area (Å²) in [4.78, 5) is 38.9. The van der Waals surface area contributed by atoms with E-state index in [-0.39, 0.29) is 24.2 Å². The van der Waals surface area contributed by atoms with E-state index in [0.717, 1.165) is 16.7 Å². The Morgan fingerprint density at radius 2 is 1.72 bits per heavy atom. The minimum absolute atomic E-state index is 0.0520. The van der Waals surface area contributed by atoms with E-state index in [9.17, 15) is 19.5 Å². The molecule has 1 N–H and O–H groups in total. The third-order valence-electron chi connectivity index (χ3n) is 5.19. The van der Waals surface area contributed by atoms with Crippen LogP contribution in [0.25, 0.3) is 5.57 Å². The van der Waals surface area contributed by atoms with Crippen LogP contribution >= 0.6 is 0 Å². The van der Waals surface area contributed by atoms with E-state index in [4.69, 9.17) is 0 Å². The third kappa shape index (κ3) is 4.45. The Hall–Kier alpha value is -3.21. The summed E-state index contributed by atoms with van der Waals surface area (Å²) in [6.45, 7) is 5.53. The van der Waals surface area contributed by atoms with E-state index in [1.807, 2.05) is 43.3 Å². The van der Waals surface area contributed by atoms with Gasteiger partial charge in [-0.05, 0) is 55.7 Å². The number of aliphatic carboxylic acids is 1. The summed E-state index contributed by atoms with van der Waals surface area (Å²) < 4.78 is 0. The number of carbonyl (C=O) groups is 3. The average molecular weight is 391 g/mol. The number of carboxylic acid groups (broad SMARTS) is 1. The highest BCUT2D eigenvalue weighted by molar-refractivity contribution is 6.03. The molecule has 29 heavy (non-hydrogen) atoms. The molecule has 150 valence electrons. The van der Waals surface area contributed by atoms with Gasteiger partial charge in [-0.2, -0.15) is 0 Å². The van der Waals surface area contributed by atoms with Crippen molar-refractivity contribution in [3.05, 3.63) is 76.9 Å². The topological polar surface area (TPSA) is 74.7 Å². The largest absolute Gasteiger partial charge is 0.480 e. The number of hydrogen-bond donors (Lipinski definition) is 1. The van der Waals surface area contributed by atoms with Crippen molar-refractivity contribution in [2.75, 3.05) is 0 Å². The number of carbonyl (C=O) groups excluding carboxylic acids is 2. The van der Waals surface area contributed by atoms with Crippen LogP contribution in [0.15, 0.2) is 54.6 Å². The minimum Gasteiger partial charge on any atom is -0.480 e. The lowest BCUT2D eigenvalue weighted by molar-refractivity contribution is -0.142. The Morgan fingerprint density at radius 3 is 2.34 bits per heavy atom. The van der Waals surface area contributed by atoms with Crippen LogP contribution in [0.1, 0.15) is 47.3 Å². The fourth-order valence-corrected chi connectivity index (χ4v) is 3.76. The first-order chi connectivity index (χ1) is 13.8. The summed E-state index contributed by atoms with van der Waals surface area (Å²) in [5.41, 5.74) is 3.90. The fourth-order valence-electron chi connectivity index (χ4n) is 3.76. The van der Waals surface area contributed by atoms with Crippen LogP contribution in [-0.2, 0) is 16.0 Å². The van der Waals surface area contributed by atoms with Crippen LogP contribution < -0.4 is 0 Å². The highest BCUT2D eigenvalue weighted by Gasteiger charge is 2.34. The SMILES string of the molecule is Cc1ccc(C(=O)N(C(C)C)C(CC2=CC(=O)Cc3ccccc32)C(=O)O)cc1. The van der Waals surface area contributed by atoms with Gasteiger partial charge in [0.1, 0.15) is 6.04 Å². The van der Waals surface area contributed by atoms with Crippen LogP contribution in [0.4, 0.5) is 0 Å². The number of benzene rings is 2. The molecule has 2 aromatic rings. The van der Waals surface area contributed by atoms with Crippen LogP contribution in [0, 0.1) is 6.92 Å². The predicted molar refractivity (Wildman–Crippen MR) is 112 cm³/mol. The molecule has 0 radical (unpaired) electrons. The number of fused-ring (bicyclic) bond motifs is 1. The van der Waals surface area contributed by atoms with Gasteiger partial charge in [0.05, 0.1) is 0 Å². The molecule has 0 fully saturated rings. The number of ketones is 1. The van der Waals surface area contributed by atoms with Crippen LogP contribution in [-0.4, -0.2) is 39.7 Å². The number of allylic oxidation sites excluding steroid dienone is 1. The molecule has 1 unspecified atom stereocenters. The number of amides is 1. The Balaban J connectivity index is 1.97. The number of aryl methyl sites for hydroxylation is 1. The molecule has 1 amide bonds. The van der Waals surface area contributed by atoms with Crippen LogP contribution in [0.2, 0.25) is 0 Å². The molecule has 3 rings (SSSR count). The maximum absolute atomic E-state index is 13.2. The lowest BCUT2D eigenvalue weighted by Crippen LogP contribution is -2.49. The molecule has 0 spiro atoms. The van der Waals surface area contributed by atoms with Gasteiger partial charge in [0.15, 0.2) is 5.78 Å². The zero-order valence-corrected chi connectivity index (χ0v) is 16.9. The maximum Gasteiger partial charge on any atom is 0.326 e. The molecule has 0 aliphatic heterocycles. The second-order valence-corrected chi connectivity index (χ2v) is 7.70. The summed E-state index contributed by atoms with van der Waals surface area (Å²) in [7, 11) is 0. The number of hydrogen-bond acceptors (Lipinski definition) is 3. The molecule has 0 bridgehead atoms. The maximum atomic E-state index is 13.2. The van der Waals surface area contributed by atoms with Gasteiger partial charge in [-0.1, -0.05) is 42.0 Å². The van der Waals surface area contributed by atoms with Crippen molar-refractivity contribution in [3.63, 3.8) is 0 Å². The molecule has 0 saturated carbocycles. The Bertz CT molecular complexity index is 973. The van der Waals surface area contributed by atoms with Crippen molar-refractivity contribution in [1.29, 1.82) is 0 Å². The lowest BCUT2D eigenvalue weighted by Gasteiger charge is -2.34. The van der Waals surface area contributed by atoms with Gasteiger partial charge in [-0.25, -0.2) is 4.79 Å². The number of nitrogens with zero attached hydrogens (tertiary/aromatic N) is 1. The third-order valence-corrected chi connectivity index (χ3v) is 5.19. The number of carboxylic acids is 1. The standard InChI is InChI=1S/C24H25NO4/c1-15(2)25(23(27)17-10-8-16(3)9-11-17)22(24(28)29)14-19-13-20(26)12-18-6-4-5-7-21(18)19/h4-11,13,15,22H,12,14H2,1-3H3,(H,28,29). The first-order valence-corrected chi connectivity index (χ1v) is 9.71. The first kappa shape index (κ1) is 20.5. The van der Waals surface area contributed by atoms with Crippen molar-refractivity contribution in [2.24, 2.45) is 0 Å². The van der Waals surface area contributed by atoms with Gasteiger partial charge in [0.25, 0.3) is 5.91 Å². The molecular weight excluding hydrogens is 366 g/mol.